The molecule has 0 atom stereocenters. The molecule has 2 nitrogen and oxygen atoms in total. The maximum atomic E-state index is 11.8. The maximum absolute atomic E-state index is 11.8. The van der Waals surface area contributed by atoms with Crippen LogP contribution in [-0.4, -0.2) is 10.4 Å². The summed E-state index contributed by atoms with van der Waals surface area (Å²) in [5.74, 6) is 0.276. The van der Waals surface area contributed by atoms with E-state index in [4.69, 9.17) is 0 Å². The Morgan fingerprint density at radius 1 is 1.22 bits per heavy atom. The first-order valence-electron chi connectivity index (χ1n) is 6.17. The molecule has 0 N–H and O–H groups in total. The lowest BCUT2D eigenvalue weighted by atomic mass is 9.97. The van der Waals surface area contributed by atoms with Crippen molar-refractivity contribution in [3.05, 3.63) is 51.8 Å². The average molecular weight is 304 g/mol. The molecule has 92 valence electrons. The number of hydrogen-bond donors (Lipinski definition) is 0. The predicted octanol–water partition coefficient (Wildman–Crippen LogP) is 4.07. The van der Waals surface area contributed by atoms with Crippen LogP contribution < -0.4 is 0 Å². The summed E-state index contributed by atoms with van der Waals surface area (Å²) in [6, 6.07) is 8.24. The molecule has 2 aromatic rings. The molecule has 1 aliphatic carbocycles. The molecule has 0 saturated carbocycles. The molecule has 1 aromatic heterocycles. The van der Waals surface area contributed by atoms with Gasteiger partial charge in [0, 0.05) is 28.3 Å². The summed E-state index contributed by atoms with van der Waals surface area (Å²) in [6.45, 7) is 2.07. The number of nitrogens with zero attached hydrogens (tertiary/aromatic N) is 1. The van der Waals surface area contributed by atoms with E-state index in [1.54, 1.807) is 0 Å². The molecule has 1 aromatic carbocycles. The fraction of sp³-hybridized carbons (Fsp3) is 0.267. The second kappa shape index (κ2) is 4.39. The first kappa shape index (κ1) is 11.7. The Hall–Kier alpha value is -1.35. The highest BCUT2D eigenvalue weighted by Gasteiger charge is 2.21. The zero-order valence-corrected chi connectivity index (χ0v) is 11.8. The molecule has 18 heavy (non-hydrogen) atoms. The average Bonchev–Trinajstić information content (AvgIpc) is 2.74. The number of ketones is 1. The van der Waals surface area contributed by atoms with Gasteiger partial charge in [0.15, 0.2) is 5.78 Å². The Kier molecular flexibility index (Phi) is 2.86. The molecule has 0 saturated heterocycles. The van der Waals surface area contributed by atoms with E-state index in [1.807, 2.05) is 12.3 Å². The number of aryl methyl sites for hydroxylation is 1. The number of carbonyl (C=O) groups is 1. The Morgan fingerprint density at radius 3 is 2.83 bits per heavy atom. The van der Waals surface area contributed by atoms with Gasteiger partial charge in [-0.3, -0.25) is 4.79 Å². The highest BCUT2D eigenvalue weighted by molar-refractivity contribution is 9.10. The maximum Gasteiger partial charge on any atom is 0.164 e. The molecule has 0 amide bonds. The van der Waals surface area contributed by atoms with Gasteiger partial charge in [-0.2, -0.15) is 0 Å². The van der Waals surface area contributed by atoms with E-state index in [0.29, 0.717) is 6.42 Å². The van der Waals surface area contributed by atoms with Gasteiger partial charge in [-0.25, -0.2) is 0 Å². The molecule has 1 aliphatic rings. The van der Waals surface area contributed by atoms with E-state index in [1.165, 1.54) is 5.56 Å². The Morgan fingerprint density at radius 2 is 2.06 bits per heavy atom. The third kappa shape index (κ3) is 1.83. The fourth-order valence-corrected chi connectivity index (χ4v) is 3.24. The summed E-state index contributed by atoms with van der Waals surface area (Å²) in [7, 11) is 0. The van der Waals surface area contributed by atoms with Crippen LogP contribution in [0.25, 0.3) is 5.69 Å². The lowest BCUT2D eigenvalue weighted by Gasteiger charge is -2.16. The lowest BCUT2D eigenvalue weighted by molar-refractivity contribution is 0.0972. The number of aromatic nitrogens is 1. The van der Waals surface area contributed by atoms with Gasteiger partial charge in [0.1, 0.15) is 0 Å². The van der Waals surface area contributed by atoms with Crippen molar-refractivity contribution in [2.75, 3.05) is 0 Å². The smallest absolute Gasteiger partial charge is 0.164 e. The van der Waals surface area contributed by atoms with Gasteiger partial charge in [-0.05, 0) is 59.5 Å². The Bertz CT molecular complexity index is 627. The summed E-state index contributed by atoms with van der Waals surface area (Å²) in [4.78, 5) is 11.8. The molecular formula is C15H14BrNO. The second-order valence-electron chi connectivity index (χ2n) is 4.78. The summed E-state index contributed by atoms with van der Waals surface area (Å²) >= 11 is 3.61. The Balaban J connectivity index is 2.15. The van der Waals surface area contributed by atoms with Gasteiger partial charge in [0.2, 0.25) is 0 Å². The van der Waals surface area contributed by atoms with Gasteiger partial charge in [0.25, 0.3) is 0 Å². The molecule has 0 aliphatic heterocycles. The van der Waals surface area contributed by atoms with Crippen LogP contribution in [0, 0.1) is 6.92 Å². The fourth-order valence-electron chi connectivity index (χ4n) is 2.56. The van der Waals surface area contributed by atoms with E-state index >= 15 is 0 Å². The second-order valence-corrected chi connectivity index (χ2v) is 5.63. The number of hydrogen-bond acceptors (Lipinski definition) is 1. The minimum atomic E-state index is 0.276. The van der Waals surface area contributed by atoms with Gasteiger partial charge in [-0.1, -0.05) is 6.07 Å². The van der Waals surface area contributed by atoms with Crippen LogP contribution in [0.15, 0.2) is 34.9 Å². The number of benzene rings is 1. The van der Waals surface area contributed by atoms with Crippen molar-refractivity contribution in [2.24, 2.45) is 0 Å². The van der Waals surface area contributed by atoms with Crippen LogP contribution in [0.5, 0.6) is 0 Å². The highest BCUT2D eigenvalue weighted by Crippen LogP contribution is 2.29. The minimum absolute atomic E-state index is 0.276. The Labute approximate surface area is 115 Å². The van der Waals surface area contributed by atoms with Crippen LogP contribution in [0.1, 0.15) is 34.5 Å². The van der Waals surface area contributed by atoms with Crippen molar-refractivity contribution < 1.29 is 4.79 Å². The van der Waals surface area contributed by atoms with E-state index in [-0.39, 0.29) is 5.78 Å². The standard InChI is InChI=1S/C15H14BrNO/c1-10-5-6-14(12(16)9-10)17-8-7-11-13(17)3-2-4-15(11)18/h5-9H,2-4H2,1H3. The molecule has 0 bridgehead atoms. The third-order valence-electron chi connectivity index (χ3n) is 3.47. The SMILES string of the molecule is Cc1ccc(-n2ccc3c2CCCC3=O)c(Br)c1. The molecule has 3 heteroatoms. The molecular weight excluding hydrogens is 290 g/mol. The predicted molar refractivity (Wildman–Crippen MR) is 75.5 cm³/mol. The molecule has 3 rings (SSSR count). The van der Waals surface area contributed by atoms with Gasteiger partial charge < -0.3 is 4.57 Å². The van der Waals surface area contributed by atoms with E-state index < -0.39 is 0 Å². The largest absolute Gasteiger partial charge is 0.319 e. The highest BCUT2D eigenvalue weighted by atomic mass is 79.9. The van der Waals surface area contributed by atoms with E-state index in [2.05, 4.69) is 45.6 Å². The lowest BCUT2D eigenvalue weighted by Crippen LogP contribution is -2.12. The summed E-state index contributed by atoms with van der Waals surface area (Å²) in [5.41, 5.74) is 4.38. The zero-order valence-electron chi connectivity index (χ0n) is 10.2. The van der Waals surface area contributed by atoms with Crippen molar-refractivity contribution in [1.82, 2.24) is 4.57 Å². The summed E-state index contributed by atoms with van der Waals surface area (Å²) in [5, 5.41) is 0. The van der Waals surface area contributed by atoms with Crippen LogP contribution in [0.3, 0.4) is 0 Å². The molecule has 0 radical (unpaired) electrons. The topological polar surface area (TPSA) is 22.0 Å². The van der Waals surface area contributed by atoms with Crippen molar-refractivity contribution in [2.45, 2.75) is 26.2 Å². The van der Waals surface area contributed by atoms with Gasteiger partial charge in [-0.15, -0.1) is 0 Å². The van der Waals surface area contributed by atoms with Crippen LogP contribution in [-0.2, 0) is 6.42 Å². The van der Waals surface area contributed by atoms with Crippen molar-refractivity contribution in [1.29, 1.82) is 0 Å². The zero-order chi connectivity index (χ0) is 12.7. The van der Waals surface area contributed by atoms with Crippen LogP contribution in [0.2, 0.25) is 0 Å². The van der Waals surface area contributed by atoms with Crippen LogP contribution >= 0.6 is 15.9 Å². The summed E-state index contributed by atoms with van der Waals surface area (Å²) < 4.78 is 3.20. The first-order valence-corrected chi connectivity index (χ1v) is 6.96. The normalized spacial score (nSPS) is 14.7. The third-order valence-corrected chi connectivity index (χ3v) is 4.11. The van der Waals surface area contributed by atoms with Crippen molar-refractivity contribution >= 4 is 21.7 Å². The van der Waals surface area contributed by atoms with E-state index in [9.17, 15) is 4.79 Å². The van der Waals surface area contributed by atoms with E-state index in [0.717, 1.165) is 34.3 Å². The number of rotatable bonds is 1. The van der Waals surface area contributed by atoms with Crippen LogP contribution in [0.4, 0.5) is 0 Å². The number of Topliss-reactive ketones (excluding diaryl/α,β-unsaturated/α-hetero) is 1. The quantitative estimate of drug-likeness (QED) is 0.778. The molecule has 0 fully saturated rings. The minimum Gasteiger partial charge on any atom is -0.319 e. The van der Waals surface area contributed by atoms with Crippen molar-refractivity contribution in [3.63, 3.8) is 0 Å². The molecule has 0 spiro atoms. The number of halogens is 1. The van der Waals surface area contributed by atoms with Gasteiger partial charge >= 0.3 is 0 Å². The summed E-state index contributed by atoms with van der Waals surface area (Å²) in [6.07, 6.45) is 4.63. The van der Waals surface area contributed by atoms with Crippen molar-refractivity contribution in [3.8, 4) is 5.69 Å². The van der Waals surface area contributed by atoms with Gasteiger partial charge in [0.05, 0.1) is 5.69 Å². The number of fused-ring (bicyclic) bond motifs is 1. The first-order chi connectivity index (χ1) is 8.66. The number of carbonyl (C=O) groups excluding carboxylic acids is 1. The molecule has 0 unspecified atom stereocenters. The monoisotopic (exact) mass is 303 g/mol. The molecule has 1 heterocycles.